The summed E-state index contributed by atoms with van der Waals surface area (Å²) in [6.07, 6.45) is 10.6. The number of carbonyl (C=O) groups is 2. The van der Waals surface area contributed by atoms with Gasteiger partial charge in [0.1, 0.15) is 5.82 Å². The number of aliphatic hydroxyl groups excluding tert-OH is 1. The van der Waals surface area contributed by atoms with Gasteiger partial charge in [-0.1, -0.05) is 57.2 Å². The summed E-state index contributed by atoms with van der Waals surface area (Å²) >= 11 is 0. The average Bonchev–Trinajstić information content (AvgIpc) is 2.89. The normalized spacial score (nSPS) is 11.5. The van der Waals surface area contributed by atoms with Crippen LogP contribution in [0.3, 0.4) is 0 Å². The van der Waals surface area contributed by atoms with E-state index in [0.717, 1.165) is 24.8 Å². The van der Waals surface area contributed by atoms with Crippen LogP contribution in [0.1, 0.15) is 55.6 Å². The Bertz CT molecular complexity index is 999. The van der Waals surface area contributed by atoms with Crippen LogP contribution in [0.25, 0.3) is 0 Å². The smallest absolute Gasteiger partial charge is 0.335 e. The molecule has 2 aromatic rings. The molecular weight excluding hydrogens is 456 g/mol. The van der Waals surface area contributed by atoms with Crippen LogP contribution < -0.4 is 0 Å². The van der Waals surface area contributed by atoms with Crippen LogP contribution in [-0.2, 0) is 44.7 Å². The number of esters is 2. The number of unbranched alkanes of at least 4 members (excludes halogenated alkanes) is 2. The van der Waals surface area contributed by atoms with Crippen molar-refractivity contribution in [3.05, 3.63) is 83.5 Å². The fourth-order valence-corrected chi connectivity index (χ4v) is 3.46. The Kier molecular flexibility index (Phi) is 12.6. The van der Waals surface area contributed by atoms with Gasteiger partial charge in [-0.3, -0.25) is 0 Å². The molecule has 0 saturated carbocycles. The average molecular weight is 495 g/mol. The highest BCUT2D eigenvalue weighted by Crippen LogP contribution is 2.13. The second kappa shape index (κ2) is 15.6. The first-order valence-corrected chi connectivity index (χ1v) is 12.5. The van der Waals surface area contributed by atoms with Crippen molar-refractivity contribution in [2.45, 2.75) is 58.8 Å². The Hall–Kier alpha value is -3.32. The third kappa shape index (κ3) is 10.5. The highest BCUT2D eigenvalue weighted by molar-refractivity contribution is 5.88. The highest BCUT2D eigenvalue weighted by atomic mass is 16.5. The summed E-state index contributed by atoms with van der Waals surface area (Å²) in [5, 5.41) is 9.04. The number of nitrogens with zero attached hydrogens (tertiary/aromatic N) is 2. The number of aliphatic hydroxyl groups is 1. The largest absolute Gasteiger partial charge is 0.462 e. The van der Waals surface area contributed by atoms with Crippen molar-refractivity contribution in [1.29, 1.82) is 0 Å². The molecule has 0 fully saturated rings. The summed E-state index contributed by atoms with van der Waals surface area (Å²) in [6, 6.07) is 8.82. The third-order valence-corrected chi connectivity index (χ3v) is 5.75. The summed E-state index contributed by atoms with van der Waals surface area (Å²) in [7, 11) is 0. The number of ether oxygens (including phenoxy) is 2. The predicted molar refractivity (Wildman–Crippen MR) is 139 cm³/mol. The molecule has 0 radical (unpaired) electrons. The SMILES string of the molecule is C=C(C)C(=O)OCC(COC(=O)C(=C)CO)Cc1ncc(CCc2ccc(CCCCC)cc2)cn1. The van der Waals surface area contributed by atoms with E-state index >= 15 is 0 Å². The molecule has 194 valence electrons. The third-order valence-electron chi connectivity index (χ3n) is 5.75. The number of hydrogen-bond donors (Lipinski definition) is 1. The van der Waals surface area contributed by atoms with Crippen molar-refractivity contribution < 1.29 is 24.2 Å². The van der Waals surface area contributed by atoms with Crippen molar-refractivity contribution in [2.24, 2.45) is 5.92 Å². The minimum atomic E-state index is -0.695. The molecule has 7 nitrogen and oxygen atoms in total. The van der Waals surface area contributed by atoms with Crippen LogP contribution >= 0.6 is 0 Å². The quantitative estimate of drug-likeness (QED) is 0.210. The molecule has 1 heterocycles. The van der Waals surface area contributed by atoms with Gasteiger partial charge in [0.15, 0.2) is 0 Å². The van der Waals surface area contributed by atoms with Gasteiger partial charge >= 0.3 is 11.9 Å². The molecule has 1 unspecified atom stereocenters. The molecule has 1 aromatic carbocycles. The molecular formula is C29H38N2O5. The molecule has 36 heavy (non-hydrogen) atoms. The molecule has 0 aliphatic carbocycles. The summed E-state index contributed by atoms with van der Waals surface area (Å²) in [5.41, 5.74) is 3.94. The first-order chi connectivity index (χ1) is 17.3. The van der Waals surface area contributed by atoms with Crippen molar-refractivity contribution in [3.63, 3.8) is 0 Å². The Morgan fingerprint density at radius 2 is 1.44 bits per heavy atom. The zero-order valence-electron chi connectivity index (χ0n) is 21.5. The van der Waals surface area contributed by atoms with E-state index in [4.69, 9.17) is 14.6 Å². The Morgan fingerprint density at radius 3 is 2.00 bits per heavy atom. The predicted octanol–water partition coefficient (Wildman–Crippen LogP) is 4.36. The molecule has 7 heteroatoms. The van der Waals surface area contributed by atoms with Crippen LogP contribution in [0.4, 0.5) is 0 Å². The van der Waals surface area contributed by atoms with Gasteiger partial charge in [0.05, 0.1) is 25.4 Å². The minimum absolute atomic E-state index is 0.0180. The molecule has 0 spiro atoms. The molecule has 1 atom stereocenters. The number of carbonyl (C=O) groups excluding carboxylic acids is 2. The molecule has 1 aromatic heterocycles. The minimum Gasteiger partial charge on any atom is -0.462 e. The summed E-state index contributed by atoms with van der Waals surface area (Å²) < 4.78 is 10.4. The number of rotatable bonds is 16. The van der Waals surface area contributed by atoms with Crippen LogP contribution in [0.2, 0.25) is 0 Å². The van der Waals surface area contributed by atoms with Gasteiger partial charge in [-0.25, -0.2) is 19.6 Å². The van der Waals surface area contributed by atoms with E-state index < -0.39 is 18.5 Å². The standard InChI is InChI=1S/C29H38N2O5/c1-5-6-7-8-23-9-11-24(12-10-23)13-14-25-16-30-27(31-17-25)15-26(19-35-28(33)21(2)3)20-36-29(34)22(4)18-32/h9-12,16-17,26,32H,2,4-8,13-15,18-20H2,1,3H3. The van der Waals surface area contributed by atoms with Crippen LogP contribution in [0, 0.1) is 5.92 Å². The van der Waals surface area contributed by atoms with Gasteiger partial charge in [-0.15, -0.1) is 0 Å². The topological polar surface area (TPSA) is 98.6 Å². The van der Waals surface area contributed by atoms with Gasteiger partial charge in [-0.05, 0) is 49.3 Å². The van der Waals surface area contributed by atoms with E-state index in [1.165, 1.54) is 30.4 Å². The molecule has 0 amide bonds. The Balaban J connectivity index is 1.91. The van der Waals surface area contributed by atoms with Gasteiger partial charge in [0.2, 0.25) is 0 Å². The van der Waals surface area contributed by atoms with Crippen molar-refractivity contribution in [1.82, 2.24) is 9.97 Å². The lowest BCUT2D eigenvalue weighted by Gasteiger charge is -2.17. The van der Waals surface area contributed by atoms with E-state index in [1.54, 1.807) is 19.3 Å². The first kappa shape index (κ1) is 28.9. The summed E-state index contributed by atoms with van der Waals surface area (Å²) in [4.78, 5) is 32.6. The lowest BCUT2D eigenvalue weighted by atomic mass is 10.0. The zero-order valence-corrected chi connectivity index (χ0v) is 21.5. The van der Waals surface area contributed by atoms with Crippen LogP contribution in [0.5, 0.6) is 0 Å². The number of aromatic nitrogens is 2. The van der Waals surface area contributed by atoms with Crippen molar-refractivity contribution in [3.8, 4) is 0 Å². The zero-order chi connectivity index (χ0) is 26.3. The lowest BCUT2D eigenvalue weighted by molar-refractivity contribution is -0.144. The fraction of sp³-hybridized carbons (Fsp3) is 0.448. The molecule has 2 rings (SSSR count). The lowest BCUT2D eigenvalue weighted by Crippen LogP contribution is -2.24. The molecule has 0 aliphatic rings. The summed E-state index contributed by atoms with van der Waals surface area (Å²) in [5.74, 6) is -1.01. The van der Waals surface area contributed by atoms with Crippen molar-refractivity contribution >= 4 is 11.9 Å². The van der Waals surface area contributed by atoms with E-state index in [2.05, 4.69) is 54.3 Å². The van der Waals surface area contributed by atoms with Crippen LogP contribution in [-0.4, -0.2) is 46.8 Å². The Morgan fingerprint density at radius 1 is 0.889 bits per heavy atom. The van der Waals surface area contributed by atoms with E-state index in [0.29, 0.717) is 12.2 Å². The Labute approximate surface area is 214 Å². The highest BCUT2D eigenvalue weighted by Gasteiger charge is 2.18. The van der Waals surface area contributed by atoms with Crippen molar-refractivity contribution in [2.75, 3.05) is 19.8 Å². The van der Waals surface area contributed by atoms with Gasteiger partial charge in [-0.2, -0.15) is 0 Å². The van der Waals surface area contributed by atoms with Crippen LogP contribution in [0.15, 0.2) is 61.0 Å². The maximum Gasteiger partial charge on any atom is 0.335 e. The number of hydrogen-bond acceptors (Lipinski definition) is 7. The monoisotopic (exact) mass is 494 g/mol. The van der Waals surface area contributed by atoms with E-state index in [-0.39, 0.29) is 30.3 Å². The maximum absolute atomic E-state index is 11.9. The molecule has 0 bridgehead atoms. The number of benzene rings is 1. The van der Waals surface area contributed by atoms with Gasteiger partial charge in [0, 0.05) is 30.3 Å². The maximum atomic E-state index is 11.9. The van der Waals surface area contributed by atoms with E-state index in [9.17, 15) is 9.59 Å². The van der Waals surface area contributed by atoms with Gasteiger partial charge < -0.3 is 14.6 Å². The molecule has 1 N–H and O–H groups in total. The van der Waals surface area contributed by atoms with E-state index in [1.807, 2.05) is 0 Å². The second-order valence-corrected chi connectivity index (χ2v) is 9.09. The molecule has 0 saturated heterocycles. The summed E-state index contributed by atoms with van der Waals surface area (Å²) in [6.45, 7) is 10.3. The second-order valence-electron chi connectivity index (χ2n) is 9.09. The number of aryl methyl sites for hydroxylation is 3. The fourth-order valence-electron chi connectivity index (χ4n) is 3.46. The first-order valence-electron chi connectivity index (χ1n) is 12.5. The molecule has 0 aliphatic heterocycles. The van der Waals surface area contributed by atoms with Gasteiger partial charge in [0.25, 0.3) is 0 Å².